The van der Waals surface area contributed by atoms with Gasteiger partial charge in [-0.15, -0.1) is 0 Å². The van der Waals surface area contributed by atoms with Gasteiger partial charge >= 0.3 is 0 Å². The minimum Gasteiger partial charge on any atom is -0.331 e. The van der Waals surface area contributed by atoms with Crippen LogP contribution in [0.4, 0.5) is 0 Å². The van der Waals surface area contributed by atoms with Crippen molar-refractivity contribution in [2.75, 3.05) is 19.6 Å². The molecule has 1 saturated carbocycles. The molecule has 0 amide bonds. The average Bonchev–Trinajstić information content (AvgIpc) is 2.98. The Hall–Kier alpha value is -1.05. The van der Waals surface area contributed by atoms with Gasteiger partial charge in [0.05, 0.1) is 11.8 Å². The van der Waals surface area contributed by atoms with Gasteiger partial charge in [0.2, 0.25) is 5.85 Å². The van der Waals surface area contributed by atoms with Crippen molar-refractivity contribution in [2.45, 2.75) is 62.8 Å². The summed E-state index contributed by atoms with van der Waals surface area (Å²) in [7, 11) is 0. The Morgan fingerprint density at radius 3 is 2.60 bits per heavy atom. The minimum atomic E-state index is -0.210. The molecule has 1 unspecified atom stereocenters. The molecular formula is C16H23N3O. The van der Waals surface area contributed by atoms with Gasteiger partial charge < -0.3 is 9.64 Å². The fourth-order valence-corrected chi connectivity index (χ4v) is 4.86. The highest BCUT2D eigenvalue weighted by atomic mass is 16.6. The quantitative estimate of drug-likeness (QED) is 0.636. The number of hydrogen-bond acceptors (Lipinski definition) is 4. The maximum absolute atomic E-state index is 9.25. The third-order valence-corrected chi connectivity index (χ3v) is 5.64. The number of ether oxygens (including phenoxy) is 1. The van der Waals surface area contributed by atoms with Crippen LogP contribution in [0.15, 0.2) is 11.8 Å². The Labute approximate surface area is 121 Å². The lowest BCUT2D eigenvalue weighted by Crippen LogP contribution is -2.58. The first-order chi connectivity index (χ1) is 9.81. The zero-order chi connectivity index (χ0) is 13.6. The van der Waals surface area contributed by atoms with E-state index in [4.69, 9.17) is 4.74 Å². The highest BCUT2D eigenvalue weighted by Crippen LogP contribution is 2.55. The summed E-state index contributed by atoms with van der Waals surface area (Å²) < 4.78 is 6.80. The van der Waals surface area contributed by atoms with Crippen molar-refractivity contribution in [1.29, 1.82) is 5.26 Å². The first-order valence-corrected chi connectivity index (χ1v) is 8.14. The highest BCUT2D eigenvalue weighted by Gasteiger charge is 2.62. The second-order valence-electron chi connectivity index (χ2n) is 6.65. The lowest BCUT2D eigenvalue weighted by molar-refractivity contribution is -0.230. The van der Waals surface area contributed by atoms with Crippen LogP contribution in [0, 0.1) is 11.3 Å². The molecule has 4 fully saturated rings. The summed E-state index contributed by atoms with van der Waals surface area (Å²) >= 11 is 0. The SMILES string of the molecule is N#C/C=C1\N2CCCN3CCCC32OC12CCCCC2. The Morgan fingerprint density at radius 2 is 1.80 bits per heavy atom. The van der Waals surface area contributed by atoms with Crippen molar-refractivity contribution >= 4 is 0 Å². The molecule has 4 aliphatic rings. The Balaban J connectivity index is 1.79. The topological polar surface area (TPSA) is 39.5 Å². The molecule has 4 heteroatoms. The zero-order valence-corrected chi connectivity index (χ0v) is 12.1. The van der Waals surface area contributed by atoms with Gasteiger partial charge in [0, 0.05) is 32.1 Å². The Morgan fingerprint density at radius 1 is 1.00 bits per heavy atom. The van der Waals surface area contributed by atoms with E-state index in [1.165, 1.54) is 37.8 Å². The first kappa shape index (κ1) is 12.7. The van der Waals surface area contributed by atoms with E-state index in [0.717, 1.165) is 38.9 Å². The largest absolute Gasteiger partial charge is 0.331 e. The maximum atomic E-state index is 9.25. The summed E-state index contributed by atoms with van der Waals surface area (Å²) in [5.41, 5.74) is 1.02. The summed E-state index contributed by atoms with van der Waals surface area (Å²) in [4.78, 5) is 4.96. The van der Waals surface area contributed by atoms with Gasteiger partial charge in [-0.05, 0) is 25.7 Å². The van der Waals surface area contributed by atoms with Crippen LogP contribution in [0.3, 0.4) is 0 Å². The summed E-state index contributed by atoms with van der Waals surface area (Å²) in [6.07, 6.45) is 11.2. The summed E-state index contributed by atoms with van der Waals surface area (Å²) in [6.45, 7) is 3.34. The van der Waals surface area contributed by atoms with Gasteiger partial charge in [-0.25, -0.2) is 0 Å². The number of allylic oxidation sites excluding steroid dienone is 1. The fourth-order valence-electron chi connectivity index (χ4n) is 4.86. The molecule has 3 heterocycles. The lowest BCUT2D eigenvalue weighted by Gasteiger charge is -2.46. The normalized spacial score (nSPS) is 38.0. The molecule has 0 aromatic carbocycles. The summed E-state index contributed by atoms with van der Waals surface area (Å²) in [5, 5.41) is 9.25. The molecule has 3 aliphatic heterocycles. The van der Waals surface area contributed by atoms with E-state index in [1.807, 2.05) is 0 Å². The minimum absolute atomic E-state index is 0.166. The molecular weight excluding hydrogens is 250 g/mol. The highest BCUT2D eigenvalue weighted by molar-refractivity contribution is 5.30. The van der Waals surface area contributed by atoms with E-state index in [0.29, 0.717) is 0 Å². The van der Waals surface area contributed by atoms with Crippen molar-refractivity contribution < 1.29 is 4.74 Å². The van der Waals surface area contributed by atoms with Crippen LogP contribution in [0.2, 0.25) is 0 Å². The molecule has 0 radical (unpaired) electrons. The van der Waals surface area contributed by atoms with E-state index in [1.54, 1.807) is 6.08 Å². The number of nitrogens with zero attached hydrogens (tertiary/aromatic N) is 3. The van der Waals surface area contributed by atoms with E-state index in [2.05, 4.69) is 15.9 Å². The molecule has 2 spiro atoms. The molecule has 4 nitrogen and oxygen atoms in total. The van der Waals surface area contributed by atoms with Crippen LogP contribution in [-0.4, -0.2) is 40.9 Å². The van der Waals surface area contributed by atoms with Gasteiger partial charge in [-0.3, -0.25) is 4.90 Å². The smallest absolute Gasteiger partial charge is 0.201 e. The van der Waals surface area contributed by atoms with Crippen LogP contribution in [0.25, 0.3) is 0 Å². The molecule has 0 aromatic heterocycles. The van der Waals surface area contributed by atoms with Crippen LogP contribution in [0.5, 0.6) is 0 Å². The summed E-state index contributed by atoms with van der Waals surface area (Å²) in [6, 6.07) is 2.29. The number of hydrogen-bond donors (Lipinski definition) is 0. The fraction of sp³-hybridized carbons (Fsp3) is 0.812. The van der Waals surface area contributed by atoms with Crippen molar-refractivity contribution in [3.05, 3.63) is 11.8 Å². The third kappa shape index (κ3) is 1.54. The Bertz CT molecular complexity index is 475. The molecule has 0 N–H and O–H groups in total. The van der Waals surface area contributed by atoms with Crippen LogP contribution in [-0.2, 0) is 4.74 Å². The Kier molecular flexibility index (Phi) is 2.84. The zero-order valence-electron chi connectivity index (χ0n) is 12.1. The van der Waals surface area contributed by atoms with Crippen molar-refractivity contribution in [3.8, 4) is 6.07 Å². The van der Waals surface area contributed by atoms with Gasteiger partial charge in [-0.2, -0.15) is 5.26 Å². The second kappa shape index (κ2) is 4.47. The molecule has 0 bridgehead atoms. The number of nitriles is 1. The number of rotatable bonds is 0. The molecule has 20 heavy (non-hydrogen) atoms. The maximum Gasteiger partial charge on any atom is 0.201 e. The van der Waals surface area contributed by atoms with Gasteiger partial charge in [-0.1, -0.05) is 19.3 Å². The predicted octanol–water partition coefficient (Wildman–Crippen LogP) is 2.58. The van der Waals surface area contributed by atoms with Crippen molar-refractivity contribution in [2.24, 2.45) is 0 Å². The van der Waals surface area contributed by atoms with Crippen LogP contribution < -0.4 is 0 Å². The lowest BCUT2D eigenvalue weighted by atomic mass is 9.82. The van der Waals surface area contributed by atoms with Crippen molar-refractivity contribution in [3.63, 3.8) is 0 Å². The molecule has 4 rings (SSSR count). The van der Waals surface area contributed by atoms with Gasteiger partial charge in [0.25, 0.3) is 0 Å². The molecule has 1 aliphatic carbocycles. The third-order valence-electron chi connectivity index (χ3n) is 5.64. The molecule has 0 aromatic rings. The molecule has 1 atom stereocenters. The van der Waals surface area contributed by atoms with E-state index < -0.39 is 0 Å². The summed E-state index contributed by atoms with van der Waals surface area (Å²) in [5.74, 6) is -0.210. The van der Waals surface area contributed by atoms with Gasteiger partial charge in [0.15, 0.2) is 0 Å². The monoisotopic (exact) mass is 273 g/mol. The van der Waals surface area contributed by atoms with Crippen molar-refractivity contribution in [1.82, 2.24) is 9.80 Å². The van der Waals surface area contributed by atoms with Crippen LogP contribution in [0.1, 0.15) is 51.4 Å². The first-order valence-electron chi connectivity index (χ1n) is 8.14. The molecule has 108 valence electrons. The average molecular weight is 273 g/mol. The van der Waals surface area contributed by atoms with E-state index >= 15 is 0 Å². The standard InChI is InChI=1S/C16H23N3O/c17-10-6-14-15(7-2-1-3-8-15)20-16-9-4-11-18(16)12-5-13-19(14)16/h6H,1-5,7-9,11-13H2/b14-6-. The van der Waals surface area contributed by atoms with E-state index in [-0.39, 0.29) is 11.4 Å². The van der Waals surface area contributed by atoms with E-state index in [9.17, 15) is 5.26 Å². The second-order valence-corrected chi connectivity index (χ2v) is 6.65. The van der Waals surface area contributed by atoms with Crippen LogP contribution >= 0.6 is 0 Å². The predicted molar refractivity (Wildman–Crippen MR) is 75.5 cm³/mol. The van der Waals surface area contributed by atoms with Gasteiger partial charge in [0.1, 0.15) is 5.60 Å². The molecule has 3 saturated heterocycles.